The van der Waals surface area contributed by atoms with E-state index >= 15 is 0 Å². The summed E-state index contributed by atoms with van der Waals surface area (Å²) in [7, 11) is 1.61. The van der Waals surface area contributed by atoms with Crippen molar-refractivity contribution in [3.8, 4) is 5.75 Å². The van der Waals surface area contributed by atoms with Crippen LogP contribution in [0.4, 0.5) is 4.79 Å². The molecule has 146 valence electrons. The monoisotopic (exact) mass is 379 g/mol. The van der Waals surface area contributed by atoms with Crippen molar-refractivity contribution in [3.63, 3.8) is 0 Å². The normalized spacial score (nSPS) is 12.6. The van der Waals surface area contributed by atoms with Crippen molar-refractivity contribution in [1.82, 2.24) is 4.57 Å². The molecule has 2 aromatic carbocycles. The van der Waals surface area contributed by atoms with E-state index < -0.39 is 11.7 Å². The van der Waals surface area contributed by atoms with Crippen molar-refractivity contribution in [2.45, 2.75) is 39.2 Å². The number of fused-ring (bicyclic) bond motifs is 1. The lowest BCUT2D eigenvalue weighted by Crippen LogP contribution is -2.28. The van der Waals surface area contributed by atoms with E-state index in [-0.39, 0.29) is 5.92 Å². The maximum absolute atomic E-state index is 13.1. The van der Waals surface area contributed by atoms with E-state index in [4.69, 9.17) is 9.47 Å². The van der Waals surface area contributed by atoms with Crippen molar-refractivity contribution in [1.29, 1.82) is 0 Å². The Kier molecular flexibility index (Phi) is 5.27. The molecule has 0 aliphatic rings. The van der Waals surface area contributed by atoms with Crippen molar-refractivity contribution >= 4 is 23.3 Å². The van der Waals surface area contributed by atoms with Gasteiger partial charge in [0.15, 0.2) is 6.29 Å². The summed E-state index contributed by atoms with van der Waals surface area (Å²) >= 11 is 0. The summed E-state index contributed by atoms with van der Waals surface area (Å²) in [5.74, 6) is 0.493. The average molecular weight is 379 g/mol. The molecule has 0 aliphatic heterocycles. The highest BCUT2D eigenvalue weighted by atomic mass is 16.6. The Morgan fingerprint density at radius 3 is 2.46 bits per heavy atom. The summed E-state index contributed by atoms with van der Waals surface area (Å²) < 4.78 is 12.5. The predicted octanol–water partition coefficient (Wildman–Crippen LogP) is 5.40. The van der Waals surface area contributed by atoms with E-state index in [9.17, 15) is 9.59 Å². The molecule has 1 aromatic heterocycles. The Morgan fingerprint density at radius 1 is 1.11 bits per heavy atom. The quantitative estimate of drug-likeness (QED) is 0.570. The van der Waals surface area contributed by atoms with E-state index in [0.29, 0.717) is 16.8 Å². The van der Waals surface area contributed by atoms with E-state index in [0.717, 1.165) is 23.0 Å². The zero-order valence-corrected chi connectivity index (χ0v) is 16.9. The van der Waals surface area contributed by atoms with Crippen LogP contribution in [0.2, 0.25) is 0 Å². The summed E-state index contributed by atoms with van der Waals surface area (Å²) in [6.45, 7) is 7.43. The van der Waals surface area contributed by atoms with Gasteiger partial charge >= 0.3 is 6.09 Å². The number of benzene rings is 2. The number of hydrogen-bond donors (Lipinski definition) is 0. The molecule has 1 heterocycles. The van der Waals surface area contributed by atoms with E-state index in [2.05, 4.69) is 0 Å². The SMILES string of the molecule is COc1cccc([C@@H](C)c2c(C=O)c3ccccc3n2C(=O)OC(C)(C)C)c1. The third-order valence-corrected chi connectivity index (χ3v) is 4.65. The summed E-state index contributed by atoms with van der Waals surface area (Å²) in [5, 5.41) is 0.730. The molecule has 0 saturated carbocycles. The summed E-state index contributed by atoms with van der Waals surface area (Å²) in [6, 6.07) is 15.0. The molecule has 0 unspecified atom stereocenters. The van der Waals surface area contributed by atoms with Crippen LogP contribution in [0, 0.1) is 0 Å². The molecule has 0 saturated heterocycles. The lowest BCUT2D eigenvalue weighted by Gasteiger charge is -2.23. The van der Waals surface area contributed by atoms with Crippen LogP contribution in [0.25, 0.3) is 10.9 Å². The number of ether oxygens (including phenoxy) is 2. The number of hydrogen-bond acceptors (Lipinski definition) is 4. The molecule has 1 atom stereocenters. The third-order valence-electron chi connectivity index (χ3n) is 4.65. The van der Waals surface area contributed by atoms with Gasteiger partial charge in [0.1, 0.15) is 11.4 Å². The number of methoxy groups -OCH3 is 1. The Labute approximate surface area is 164 Å². The number of para-hydroxylation sites is 1. The summed E-state index contributed by atoms with van der Waals surface area (Å²) in [6.07, 6.45) is 0.316. The van der Waals surface area contributed by atoms with Gasteiger partial charge in [-0.25, -0.2) is 9.36 Å². The highest BCUT2D eigenvalue weighted by Crippen LogP contribution is 2.35. The Balaban J connectivity index is 2.26. The highest BCUT2D eigenvalue weighted by molar-refractivity contribution is 6.03. The van der Waals surface area contributed by atoms with Crippen LogP contribution in [0.1, 0.15) is 55.2 Å². The molecular formula is C23H25NO4. The minimum atomic E-state index is -0.653. The predicted molar refractivity (Wildman–Crippen MR) is 109 cm³/mol. The van der Waals surface area contributed by atoms with Crippen LogP contribution < -0.4 is 4.74 Å². The standard InChI is InChI=1S/C23H25NO4/c1-15(16-9-8-10-17(13-16)27-5)21-19(14-25)18-11-6-7-12-20(18)24(21)22(26)28-23(2,3)4/h6-15H,1-5H3/t15-/m1/s1. The molecule has 0 bridgehead atoms. The molecule has 28 heavy (non-hydrogen) atoms. The van der Waals surface area contributed by atoms with Gasteiger partial charge in [-0.15, -0.1) is 0 Å². The van der Waals surface area contributed by atoms with Crippen LogP contribution in [0.15, 0.2) is 48.5 Å². The molecule has 3 aromatic rings. The lowest BCUT2D eigenvalue weighted by molar-refractivity contribution is 0.0539. The maximum atomic E-state index is 13.1. The van der Waals surface area contributed by atoms with Crippen molar-refractivity contribution in [2.75, 3.05) is 7.11 Å². The first-order valence-corrected chi connectivity index (χ1v) is 9.22. The number of carbonyl (C=O) groups excluding carboxylic acids is 2. The van der Waals surface area contributed by atoms with Gasteiger partial charge in [0.2, 0.25) is 0 Å². The van der Waals surface area contributed by atoms with Crippen molar-refractivity contribution in [3.05, 3.63) is 65.4 Å². The largest absolute Gasteiger partial charge is 0.497 e. The number of nitrogens with zero attached hydrogens (tertiary/aromatic N) is 1. The Bertz CT molecular complexity index is 1030. The summed E-state index contributed by atoms with van der Waals surface area (Å²) in [5.41, 5.74) is 2.05. The van der Waals surface area contributed by atoms with Gasteiger partial charge in [0.25, 0.3) is 0 Å². The molecule has 5 nitrogen and oxygen atoms in total. The first-order chi connectivity index (χ1) is 13.3. The lowest BCUT2D eigenvalue weighted by atomic mass is 9.94. The van der Waals surface area contributed by atoms with Gasteiger partial charge in [-0.05, 0) is 44.5 Å². The third kappa shape index (κ3) is 3.65. The molecule has 0 N–H and O–H groups in total. The zero-order chi connectivity index (χ0) is 20.5. The Hall–Kier alpha value is -3.08. The fourth-order valence-corrected chi connectivity index (χ4v) is 3.41. The number of rotatable bonds is 4. The van der Waals surface area contributed by atoms with Gasteiger partial charge in [-0.3, -0.25) is 4.79 Å². The molecule has 0 spiro atoms. The second-order valence-corrected chi connectivity index (χ2v) is 7.75. The fourth-order valence-electron chi connectivity index (χ4n) is 3.41. The Morgan fingerprint density at radius 2 is 1.82 bits per heavy atom. The smallest absolute Gasteiger partial charge is 0.419 e. The summed E-state index contributed by atoms with van der Waals surface area (Å²) in [4.78, 5) is 25.1. The van der Waals surface area contributed by atoms with Crippen LogP contribution in [-0.4, -0.2) is 29.7 Å². The number of carbonyl (C=O) groups is 2. The zero-order valence-electron chi connectivity index (χ0n) is 16.9. The van der Waals surface area contributed by atoms with Crippen LogP contribution in [0.3, 0.4) is 0 Å². The topological polar surface area (TPSA) is 57.5 Å². The van der Waals surface area contributed by atoms with E-state index in [1.807, 2.05) is 76.2 Å². The minimum Gasteiger partial charge on any atom is -0.497 e. The van der Waals surface area contributed by atoms with Gasteiger partial charge in [0, 0.05) is 22.6 Å². The first kappa shape index (κ1) is 19.7. The van der Waals surface area contributed by atoms with Gasteiger partial charge in [0.05, 0.1) is 12.6 Å². The van der Waals surface area contributed by atoms with Gasteiger partial charge < -0.3 is 9.47 Å². The second kappa shape index (κ2) is 7.50. The van der Waals surface area contributed by atoms with Crippen molar-refractivity contribution < 1.29 is 19.1 Å². The van der Waals surface area contributed by atoms with Crippen LogP contribution in [-0.2, 0) is 4.74 Å². The molecule has 0 amide bonds. The molecule has 3 rings (SSSR count). The van der Waals surface area contributed by atoms with E-state index in [1.165, 1.54) is 4.57 Å². The van der Waals surface area contributed by atoms with Gasteiger partial charge in [-0.2, -0.15) is 0 Å². The van der Waals surface area contributed by atoms with Gasteiger partial charge in [-0.1, -0.05) is 37.3 Å². The number of aldehydes is 1. The molecular weight excluding hydrogens is 354 g/mol. The molecule has 0 radical (unpaired) electrons. The second-order valence-electron chi connectivity index (χ2n) is 7.75. The first-order valence-electron chi connectivity index (χ1n) is 9.22. The molecule has 0 fully saturated rings. The van der Waals surface area contributed by atoms with Crippen LogP contribution in [0.5, 0.6) is 5.75 Å². The average Bonchev–Trinajstić information content (AvgIpc) is 3.00. The molecule has 5 heteroatoms. The number of aromatic nitrogens is 1. The highest BCUT2D eigenvalue weighted by Gasteiger charge is 2.28. The minimum absolute atomic E-state index is 0.227. The van der Waals surface area contributed by atoms with Crippen molar-refractivity contribution in [2.24, 2.45) is 0 Å². The fraction of sp³-hybridized carbons (Fsp3) is 0.304. The van der Waals surface area contributed by atoms with E-state index in [1.54, 1.807) is 7.11 Å². The maximum Gasteiger partial charge on any atom is 0.419 e. The molecule has 0 aliphatic carbocycles. The van der Waals surface area contributed by atoms with Crippen LogP contribution >= 0.6 is 0 Å².